The van der Waals surface area contributed by atoms with Gasteiger partial charge >= 0.3 is 0 Å². The fourth-order valence-electron chi connectivity index (χ4n) is 4.24. The smallest absolute Gasteiger partial charge is 0.160 e. The molecule has 116 valence electrons. The molecule has 0 radical (unpaired) electrons. The van der Waals surface area contributed by atoms with Gasteiger partial charge in [0.05, 0.1) is 18.8 Å². The van der Waals surface area contributed by atoms with Gasteiger partial charge < -0.3 is 14.6 Å². The standard InChI is InChI=1S/C18H21NO3/c1-21-14-4-3-13-6-8-19-7-5-12-9-16(20)17(22-2)10-15(12)18(13,19)11-14/h3-4,6,9-10,14,20H,5,7-8,11H2,1-2H3/t14-,18?/m0/s1. The highest BCUT2D eigenvalue weighted by Gasteiger charge is 2.50. The van der Waals surface area contributed by atoms with Gasteiger partial charge in [-0.2, -0.15) is 0 Å². The molecule has 4 rings (SSSR count). The third-order valence-electron chi connectivity index (χ3n) is 5.34. The van der Waals surface area contributed by atoms with Crippen LogP contribution in [0, 0.1) is 0 Å². The lowest BCUT2D eigenvalue weighted by Crippen LogP contribution is -2.51. The summed E-state index contributed by atoms with van der Waals surface area (Å²) < 4.78 is 11.0. The Bertz CT molecular complexity index is 679. The number of benzene rings is 1. The predicted molar refractivity (Wildman–Crippen MR) is 84.3 cm³/mol. The molecule has 1 aromatic carbocycles. The van der Waals surface area contributed by atoms with E-state index < -0.39 is 0 Å². The number of rotatable bonds is 2. The number of ether oxygens (including phenoxy) is 2. The summed E-state index contributed by atoms with van der Waals surface area (Å²) in [4.78, 5) is 2.52. The van der Waals surface area contributed by atoms with Gasteiger partial charge in [0, 0.05) is 26.6 Å². The van der Waals surface area contributed by atoms with Crippen LogP contribution in [0.2, 0.25) is 0 Å². The molecule has 0 bridgehead atoms. The van der Waals surface area contributed by atoms with Crippen molar-refractivity contribution in [2.75, 3.05) is 27.3 Å². The lowest BCUT2D eigenvalue weighted by Gasteiger charge is -2.48. The van der Waals surface area contributed by atoms with Gasteiger partial charge in [0.2, 0.25) is 0 Å². The Morgan fingerprint density at radius 3 is 2.95 bits per heavy atom. The van der Waals surface area contributed by atoms with Crippen LogP contribution in [0.1, 0.15) is 17.5 Å². The molecule has 1 unspecified atom stereocenters. The highest BCUT2D eigenvalue weighted by Crippen LogP contribution is 2.52. The van der Waals surface area contributed by atoms with E-state index in [-0.39, 0.29) is 17.4 Å². The van der Waals surface area contributed by atoms with E-state index in [9.17, 15) is 5.11 Å². The summed E-state index contributed by atoms with van der Waals surface area (Å²) in [5.74, 6) is 0.772. The highest BCUT2D eigenvalue weighted by molar-refractivity contribution is 5.57. The average Bonchev–Trinajstić information content (AvgIpc) is 2.92. The molecule has 2 heterocycles. The lowest BCUT2D eigenvalue weighted by atomic mass is 9.71. The van der Waals surface area contributed by atoms with E-state index in [4.69, 9.17) is 9.47 Å². The van der Waals surface area contributed by atoms with Crippen molar-refractivity contribution in [1.82, 2.24) is 4.90 Å². The van der Waals surface area contributed by atoms with Gasteiger partial charge in [0.15, 0.2) is 11.5 Å². The second kappa shape index (κ2) is 4.86. The zero-order valence-electron chi connectivity index (χ0n) is 13.0. The molecule has 1 N–H and O–H groups in total. The molecule has 0 fully saturated rings. The Morgan fingerprint density at radius 1 is 1.32 bits per heavy atom. The first kappa shape index (κ1) is 13.9. The summed E-state index contributed by atoms with van der Waals surface area (Å²) in [6.07, 6.45) is 8.64. The highest BCUT2D eigenvalue weighted by atomic mass is 16.5. The number of phenols is 1. The van der Waals surface area contributed by atoms with E-state index in [0.717, 1.165) is 25.9 Å². The number of aromatic hydroxyl groups is 1. The Labute approximate surface area is 130 Å². The van der Waals surface area contributed by atoms with Gasteiger partial charge in [-0.3, -0.25) is 4.90 Å². The van der Waals surface area contributed by atoms with E-state index >= 15 is 0 Å². The fraction of sp³-hybridized carbons (Fsp3) is 0.444. The molecule has 0 aromatic heterocycles. The minimum absolute atomic E-state index is 0.114. The van der Waals surface area contributed by atoms with Crippen molar-refractivity contribution >= 4 is 0 Å². The van der Waals surface area contributed by atoms with E-state index in [1.54, 1.807) is 14.2 Å². The van der Waals surface area contributed by atoms with Crippen molar-refractivity contribution in [3.8, 4) is 11.5 Å². The van der Waals surface area contributed by atoms with Gasteiger partial charge in [-0.25, -0.2) is 0 Å². The van der Waals surface area contributed by atoms with Crippen molar-refractivity contribution < 1.29 is 14.6 Å². The van der Waals surface area contributed by atoms with Crippen LogP contribution in [0.25, 0.3) is 0 Å². The Kier molecular flexibility index (Phi) is 3.06. The number of hydrogen-bond donors (Lipinski definition) is 1. The molecule has 0 saturated carbocycles. The second-order valence-electron chi connectivity index (χ2n) is 6.23. The molecule has 1 aliphatic carbocycles. The quantitative estimate of drug-likeness (QED) is 0.910. The topological polar surface area (TPSA) is 41.9 Å². The van der Waals surface area contributed by atoms with Crippen molar-refractivity contribution in [2.45, 2.75) is 24.5 Å². The van der Waals surface area contributed by atoms with E-state index in [0.29, 0.717) is 5.75 Å². The van der Waals surface area contributed by atoms with Crippen molar-refractivity contribution in [2.24, 2.45) is 0 Å². The lowest BCUT2D eigenvalue weighted by molar-refractivity contribution is 0.0513. The maximum absolute atomic E-state index is 10.1. The molecule has 2 aliphatic heterocycles. The number of fused-ring (bicyclic) bond motifs is 1. The molecule has 4 nitrogen and oxygen atoms in total. The van der Waals surface area contributed by atoms with Crippen LogP contribution in [-0.4, -0.2) is 43.4 Å². The van der Waals surface area contributed by atoms with Crippen molar-refractivity contribution in [3.63, 3.8) is 0 Å². The molecule has 2 atom stereocenters. The van der Waals surface area contributed by atoms with Crippen LogP contribution >= 0.6 is 0 Å². The van der Waals surface area contributed by atoms with Gasteiger partial charge in [-0.1, -0.05) is 18.2 Å². The zero-order valence-corrected chi connectivity index (χ0v) is 13.0. The minimum atomic E-state index is -0.135. The van der Waals surface area contributed by atoms with E-state index in [1.807, 2.05) is 12.1 Å². The normalized spacial score (nSPS) is 29.5. The van der Waals surface area contributed by atoms with Gasteiger partial charge in [0.25, 0.3) is 0 Å². The molecule has 1 spiro atoms. The minimum Gasteiger partial charge on any atom is -0.504 e. The molecule has 22 heavy (non-hydrogen) atoms. The summed E-state index contributed by atoms with van der Waals surface area (Å²) in [5.41, 5.74) is 3.68. The van der Waals surface area contributed by atoms with Crippen molar-refractivity contribution in [3.05, 3.63) is 47.1 Å². The number of nitrogens with zero attached hydrogens (tertiary/aromatic N) is 1. The summed E-state index contributed by atoms with van der Waals surface area (Å²) in [5, 5.41) is 10.1. The molecular weight excluding hydrogens is 278 g/mol. The van der Waals surface area contributed by atoms with Gasteiger partial charge in [-0.05, 0) is 35.3 Å². The first-order chi connectivity index (χ1) is 10.7. The summed E-state index contributed by atoms with van der Waals surface area (Å²) in [7, 11) is 3.37. The predicted octanol–water partition coefficient (Wildman–Crippen LogP) is 2.37. The second-order valence-corrected chi connectivity index (χ2v) is 6.23. The monoisotopic (exact) mass is 299 g/mol. The fourth-order valence-corrected chi connectivity index (χ4v) is 4.24. The van der Waals surface area contributed by atoms with Crippen LogP contribution in [0.5, 0.6) is 11.5 Å². The zero-order chi connectivity index (χ0) is 15.3. The summed E-state index contributed by atoms with van der Waals surface area (Å²) in [6.45, 7) is 1.97. The maximum Gasteiger partial charge on any atom is 0.160 e. The summed E-state index contributed by atoms with van der Waals surface area (Å²) >= 11 is 0. The summed E-state index contributed by atoms with van der Waals surface area (Å²) in [6, 6.07) is 3.89. The van der Waals surface area contributed by atoms with Crippen molar-refractivity contribution in [1.29, 1.82) is 0 Å². The van der Waals surface area contributed by atoms with Crippen LogP contribution in [0.4, 0.5) is 0 Å². The Morgan fingerprint density at radius 2 is 2.18 bits per heavy atom. The molecule has 4 heteroatoms. The van der Waals surface area contributed by atoms with E-state index in [2.05, 4.69) is 23.1 Å². The molecular formula is C18H21NO3. The molecule has 1 aromatic rings. The number of phenolic OH excluding ortho intramolecular Hbond substituents is 1. The maximum atomic E-state index is 10.1. The third-order valence-corrected chi connectivity index (χ3v) is 5.34. The first-order valence-electron chi connectivity index (χ1n) is 7.76. The Balaban J connectivity index is 1.92. The molecule has 0 saturated heterocycles. The van der Waals surface area contributed by atoms with Crippen LogP contribution in [0.3, 0.4) is 0 Å². The van der Waals surface area contributed by atoms with E-state index in [1.165, 1.54) is 16.7 Å². The number of methoxy groups -OCH3 is 2. The van der Waals surface area contributed by atoms with Gasteiger partial charge in [0.1, 0.15) is 0 Å². The largest absolute Gasteiger partial charge is 0.504 e. The van der Waals surface area contributed by atoms with Crippen LogP contribution in [-0.2, 0) is 16.7 Å². The Hall–Kier alpha value is -1.78. The SMILES string of the molecule is COc1cc2c(cc1O)CCN1CC=C3C=C[C@H](OC)CC321. The average molecular weight is 299 g/mol. The first-order valence-corrected chi connectivity index (χ1v) is 7.76. The third kappa shape index (κ3) is 1.71. The molecule has 0 amide bonds. The number of hydrogen-bond acceptors (Lipinski definition) is 4. The van der Waals surface area contributed by atoms with Crippen LogP contribution < -0.4 is 4.74 Å². The molecule has 3 aliphatic rings. The van der Waals surface area contributed by atoms with Gasteiger partial charge in [-0.15, -0.1) is 0 Å². The van der Waals surface area contributed by atoms with Crippen LogP contribution in [0.15, 0.2) is 35.9 Å².